The zero-order valence-corrected chi connectivity index (χ0v) is 10.3. The van der Waals surface area contributed by atoms with Crippen LogP contribution in [0.25, 0.3) is 0 Å². The molecule has 0 aromatic carbocycles. The summed E-state index contributed by atoms with van der Waals surface area (Å²) in [6.07, 6.45) is 2.19. The summed E-state index contributed by atoms with van der Waals surface area (Å²) in [5, 5.41) is 0. The van der Waals surface area contributed by atoms with Gasteiger partial charge in [0.2, 0.25) is 0 Å². The Kier molecular flexibility index (Phi) is 5.28. The van der Waals surface area contributed by atoms with E-state index in [9.17, 15) is 4.79 Å². The van der Waals surface area contributed by atoms with Gasteiger partial charge in [0.25, 0.3) is 0 Å². The van der Waals surface area contributed by atoms with E-state index in [1.807, 2.05) is 19.1 Å². The van der Waals surface area contributed by atoms with Gasteiger partial charge in [0, 0.05) is 22.9 Å². The number of carbonyl (C=O) groups is 1. The fourth-order valence-corrected chi connectivity index (χ4v) is 1.90. The Balaban J connectivity index is 2.40. The number of esters is 1. The average molecular weight is 240 g/mol. The Morgan fingerprint density at radius 1 is 1.62 bits per heavy atom. The number of nitrogens with zero attached hydrogens (tertiary/aromatic N) is 1. The topological polar surface area (TPSA) is 65.2 Å². The molecular weight excluding hydrogens is 224 g/mol. The molecule has 0 aliphatic rings. The molecule has 1 rings (SSSR count). The first-order chi connectivity index (χ1) is 7.63. The van der Waals surface area contributed by atoms with E-state index in [1.54, 1.807) is 18.0 Å². The summed E-state index contributed by atoms with van der Waals surface area (Å²) in [5.74, 6) is 0.513. The summed E-state index contributed by atoms with van der Waals surface area (Å²) in [6, 6.07) is 3.83. The third kappa shape index (κ3) is 4.20. The van der Waals surface area contributed by atoms with Crippen LogP contribution in [0, 0.1) is 0 Å². The molecule has 0 fully saturated rings. The summed E-state index contributed by atoms with van der Waals surface area (Å²) in [4.78, 5) is 16.1. The van der Waals surface area contributed by atoms with Crippen molar-refractivity contribution in [3.63, 3.8) is 0 Å². The number of methoxy groups -OCH3 is 1. The monoisotopic (exact) mass is 240 g/mol. The van der Waals surface area contributed by atoms with Crippen LogP contribution in [0.3, 0.4) is 0 Å². The summed E-state index contributed by atoms with van der Waals surface area (Å²) in [5.41, 5.74) is 6.56. The van der Waals surface area contributed by atoms with E-state index >= 15 is 0 Å². The second kappa shape index (κ2) is 6.50. The van der Waals surface area contributed by atoms with E-state index in [1.165, 1.54) is 7.11 Å². The van der Waals surface area contributed by atoms with E-state index in [4.69, 9.17) is 5.73 Å². The highest BCUT2D eigenvalue weighted by Gasteiger charge is 2.03. The predicted molar refractivity (Wildman–Crippen MR) is 64.2 cm³/mol. The molecule has 1 heterocycles. The molecule has 0 saturated carbocycles. The number of hydrogen-bond donors (Lipinski definition) is 1. The number of rotatable bonds is 5. The van der Waals surface area contributed by atoms with Crippen LogP contribution in [0.1, 0.15) is 25.1 Å². The van der Waals surface area contributed by atoms with Gasteiger partial charge >= 0.3 is 5.97 Å². The smallest absolute Gasteiger partial charge is 0.306 e. The van der Waals surface area contributed by atoms with Gasteiger partial charge in [-0.3, -0.25) is 9.78 Å². The molecule has 0 saturated heterocycles. The average Bonchev–Trinajstić information content (AvgIpc) is 2.29. The SMILES string of the molecule is COC(=O)CCSc1ccc(C(C)N)nc1. The predicted octanol–water partition coefficient (Wildman–Crippen LogP) is 1.76. The number of ether oxygens (including phenoxy) is 1. The van der Waals surface area contributed by atoms with Gasteiger partial charge in [-0.05, 0) is 19.1 Å². The van der Waals surface area contributed by atoms with E-state index < -0.39 is 0 Å². The Hall–Kier alpha value is -1.07. The second-order valence-corrected chi connectivity index (χ2v) is 4.55. The van der Waals surface area contributed by atoms with Crippen molar-refractivity contribution in [3.8, 4) is 0 Å². The minimum Gasteiger partial charge on any atom is -0.469 e. The molecule has 5 heteroatoms. The zero-order chi connectivity index (χ0) is 12.0. The largest absolute Gasteiger partial charge is 0.469 e. The summed E-state index contributed by atoms with van der Waals surface area (Å²) in [6.45, 7) is 1.90. The number of hydrogen-bond acceptors (Lipinski definition) is 5. The molecule has 88 valence electrons. The quantitative estimate of drug-likeness (QED) is 0.627. The third-order valence-electron chi connectivity index (χ3n) is 2.03. The van der Waals surface area contributed by atoms with Crippen molar-refractivity contribution in [2.45, 2.75) is 24.3 Å². The number of aromatic nitrogens is 1. The lowest BCUT2D eigenvalue weighted by atomic mass is 10.2. The maximum atomic E-state index is 10.9. The number of thioether (sulfide) groups is 1. The van der Waals surface area contributed by atoms with Crippen LogP contribution in [0.2, 0.25) is 0 Å². The molecule has 0 aliphatic carbocycles. The normalized spacial score (nSPS) is 12.2. The van der Waals surface area contributed by atoms with Gasteiger partial charge in [-0.25, -0.2) is 0 Å². The number of carbonyl (C=O) groups excluding carboxylic acids is 1. The van der Waals surface area contributed by atoms with Crippen LogP contribution < -0.4 is 5.73 Å². The molecule has 1 atom stereocenters. The van der Waals surface area contributed by atoms with E-state index in [0.717, 1.165) is 10.6 Å². The molecule has 16 heavy (non-hydrogen) atoms. The second-order valence-electron chi connectivity index (χ2n) is 3.38. The molecule has 0 bridgehead atoms. The van der Waals surface area contributed by atoms with Gasteiger partial charge in [-0.1, -0.05) is 0 Å². The van der Waals surface area contributed by atoms with Crippen LogP contribution >= 0.6 is 11.8 Å². The molecule has 4 nitrogen and oxygen atoms in total. The van der Waals surface area contributed by atoms with Gasteiger partial charge in [0.1, 0.15) is 0 Å². The maximum Gasteiger partial charge on any atom is 0.306 e. The Bertz CT molecular complexity index is 338. The molecule has 2 N–H and O–H groups in total. The Morgan fingerprint density at radius 2 is 2.38 bits per heavy atom. The summed E-state index contributed by atoms with van der Waals surface area (Å²) >= 11 is 1.58. The van der Waals surface area contributed by atoms with Crippen molar-refractivity contribution in [1.82, 2.24) is 4.98 Å². The Labute approximate surface area is 99.6 Å². The van der Waals surface area contributed by atoms with Crippen molar-refractivity contribution in [3.05, 3.63) is 24.0 Å². The van der Waals surface area contributed by atoms with Crippen LogP contribution in [-0.2, 0) is 9.53 Å². The van der Waals surface area contributed by atoms with Gasteiger partial charge in [0.05, 0.1) is 19.2 Å². The van der Waals surface area contributed by atoms with Gasteiger partial charge < -0.3 is 10.5 Å². The fourth-order valence-electron chi connectivity index (χ4n) is 1.10. The molecule has 1 aromatic heterocycles. The lowest BCUT2D eigenvalue weighted by Gasteiger charge is -2.05. The Morgan fingerprint density at radius 3 is 2.88 bits per heavy atom. The highest BCUT2D eigenvalue weighted by atomic mass is 32.2. The van der Waals surface area contributed by atoms with Gasteiger partial charge in [0.15, 0.2) is 0 Å². The van der Waals surface area contributed by atoms with Crippen molar-refractivity contribution in [2.24, 2.45) is 5.73 Å². The fraction of sp³-hybridized carbons (Fsp3) is 0.455. The highest BCUT2D eigenvalue weighted by Crippen LogP contribution is 2.19. The molecule has 1 aromatic rings. The highest BCUT2D eigenvalue weighted by molar-refractivity contribution is 7.99. The lowest BCUT2D eigenvalue weighted by Crippen LogP contribution is -2.06. The van der Waals surface area contributed by atoms with Crippen LogP contribution in [-0.4, -0.2) is 23.8 Å². The summed E-state index contributed by atoms with van der Waals surface area (Å²) < 4.78 is 4.55. The van der Waals surface area contributed by atoms with Crippen molar-refractivity contribution in [2.75, 3.05) is 12.9 Å². The van der Waals surface area contributed by atoms with E-state index in [-0.39, 0.29) is 12.0 Å². The minimum absolute atomic E-state index is 0.0471. The zero-order valence-electron chi connectivity index (χ0n) is 9.47. The first-order valence-electron chi connectivity index (χ1n) is 5.04. The number of nitrogens with two attached hydrogens (primary N) is 1. The van der Waals surface area contributed by atoms with Crippen molar-refractivity contribution < 1.29 is 9.53 Å². The first-order valence-corrected chi connectivity index (χ1v) is 6.03. The van der Waals surface area contributed by atoms with Gasteiger partial charge in [-0.2, -0.15) is 0 Å². The van der Waals surface area contributed by atoms with Crippen LogP contribution in [0.5, 0.6) is 0 Å². The standard InChI is InChI=1S/C11H16N2O2S/c1-8(12)10-4-3-9(7-13-10)16-6-5-11(14)15-2/h3-4,7-8H,5-6,12H2,1-2H3. The van der Waals surface area contributed by atoms with E-state index in [0.29, 0.717) is 12.2 Å². The van der Waals surface area contributed by atoms with Crippen molar-refractivity contribution in [1.29, 1.82) is 0 Å². The molecule has 0 amide bonds. The molecule has 0 radical (unpaired) electrons. The molecule has 0 spiro atoms. The maximum absolute atomic E-state index is 10.9. The van der Waals surface area contributed by atoms with Gasteiger partial charge in [-0.15, -0.1) is 11.8 Å². The van der Waals surface area contributed by atoms with E-state index in [2.05, 4.69) is 9.72 Å². The first kappa shape index (κ1) is 13.0. The molecular formula is C11H16N2O2S. The molecule has 0 aliphatic heterocycles. The number of pyridine rings is 1. The molecule has 1 unspecified atom stereocenters. The van der Waals surface area contributed by atoms with Crippen LogP contribution in [0.4, 0.5) is 0 Å². The minimum atomic E-state index is -0.187. The van der Waals surface area contributed by atoms with Crippen molar-refractivity contribution >= 4 is 17.7 Å². The van der Waals surface area contributed by atoms with Crippen LogP contribution in [0.15, 0.2) is 23.2 Å². The lowest BCUT2D eigenvalue weighted by molar-refractivity contribution is -0.140. The summed E-state index contributed by atoms with van der Waals surface area (Å²) in [7, 11) is 1.39. The third-order valence-corrected chi connectivity index (χ3v) is 3.01.